The Morgan fingerprint density at radius 1 is 1.41 bits per heavy atom. The number of hydrogen-bond acceptors (Lipinski definition) is 5. The second-order valence-corrected chi connectivity index (χ2v) is 8.32. The fraction of sp³-hybridized carbons (Fsp3) is 0.750. The SMILES string of the molecule is Cc1cnc(C(C)NC2CCC(NC(=O)OC(C)(C)C)C2)s1. The summed E-state index contributed by atoms with van der Waals surface area (Å²) >= 11 is 1.73. The molecular formula is C16H27N3O2S. The normalized spacial score (nSPS) is 23.3. The maximum Gasteiger partial charge on any atom is 0.407 e. The molecular weight excluding hydrogens is 298 g/mol. The molecule has 0 radical (unpaired) electrons. The van der Waals surface area contributed by atoms with Crippen molar-refractivity contribution < 1.29 is 9.53 Å². The van der Waals surface area contributed by atoms with Crippen molar-refractivity contribution in [2.45, 2.75) is 77.6 Å². The molecule has 1 amide bonds. The summed E-state index contributed by atoms with van der Waals surface area (Å²) in [5, 5.41) is 7.71. The number of nitrogens with zero attached hydrogens (tertiary/aromatic N) is 1. The maximum atomic E-state index is 11.8. The van der Waals surface area contributed by atoms with Gasteiger partial charge < -0.3 is 15.4 Å². The lowest BCUT2D eigenvalue weighted by Crippen LogP contribution is -2.39. The molecule has 1 fully saturated rings. The number of aryl methyl sites for hydroxylation is 1. The third-order valence-electron chi connectivity index (χ3n) is 3.65. The van der Waals surface area contributed by atoms with Gasteiger partial charge in [0, 0.05) is 23.2 Å². The monoisotopic (exact) mass is 325 g/mol. The van der Waals surface area contributed by atoms with Gasteiger partial charge in [0.25, 0.3) is 0 Å². The molecule has 0 spiro atoms. The minimum absolute atomic E-state index is 0.192. The van der Waals surface area contributed by atoms with Crippen molar-refractivity contribution >= 4 is 17.4 Å². The van der Waals surface area contributed by atoms with Crippen LogP contribution in [0.25, 0.3) is 0 Å². The highest BCUT2D eigenvalue weighted by atomic mass is 32.1. The van der Waals surface area contributed by atoms with Crippen molar-refractivity contribution in [1.82, 2.24) is 15.6 Å². The Bertz CT molecular complexity index is 510. The number of nitrogens with one attached hydrogen (secondary N) is 2. The van der Waals surface area contributed by atoms with E-state index in [4.69, 9.17) is 4.74 Å². The average Bonchev–Trinajstić information content (AvgIpc) is 2.96. The Morgan fingerprint density at radius 3 is 2.68 bits per heavy atom. The van der Waals surface area contributed by atoms with E-state index in [0.717, 1.165) is 24.3 Å². The average molecular weight is 325 g/mol. The van der Waals surface area contributed by atoms with Gasteiger partial charge in [-0.25, -0.2) is 9.78 Å². The van der Waals surface area contributed by atoms with E-state index in [1.807, 2.05) is 27.0 Å². The van der Waals surface area contributed by atoms with Gasteiger partial charge in [0.2, 0.25) is 0 Å². The van der Waals surface area contributed by atoms with E-state index >= 15 is 0 Å². The summed E-state index contributed by atoms with van der Waals surface area (Å²) in [6.07, 6.45) is 4.59. The smallest absolute Gasteiger partial charge is 0.407 e. The van der Waals surface area contributed by atoms with E-state index in [2.05, 4.69) is 29.5 Å². The van der Waals surface area contributed by atoms with Crippen LogP contribution in [0.1, 0.15) is 62.9 Å². The van der Waals surface area contributed by atoms with E-state index in [-0.39, 0.29) is 18.2 Å². The number of amides is 1. The quantitative estimate of drug-likeness (QED) is 0.888. The van der Waals surface area contributed by atoms with Gasteiger partial charge in [-0.05, 0) is 53.9 Å². The molecule has 6 heteroatoms. The van der Waals surface area contributed by atoms with Crippen molar-refractivity contribution in [2.24, 2.45) is 0 Å². The molecule has 1 heterocycles. The maximum absolute atomic E-state index is 11.8. The van der Waals surface area contributed by atoms with Gasteiger partial charge in [0.15, 0.2) is 0 Å². The summed E-state index contributed by atoms with van der Waals surface area (Å²) in [4.78, 5) is 17.5. The number of ether oxygens (including phenoxy) is 1. The Kier molecular flexibility index (Phi) is 5.45. The Labute approximate surface area is 136 Å². The number of aromatic nitrogens is 1. The lowest BCUT2D eigenvalue weighted by atomic mass is 10.2. The van der Waals surface area contributed by atoms with E-state index in [9.17, 15) is 4.79 Å². The third kappa shape index (κ3) is 5.25. The lowest BCUT2D eigenvalue weighted by molar-refractivity contribution is 0.0505. The van der Waals surface area contributed by atoms with Crippen LogP contribution < -0.4 is 10.6 Å². The molecule has 2 rings (SSSR count). The third-order valence-corrected chi connectivity index (χ3v) is 4.74. The number of alkyl carbamates (subject to hydrolysis) is 1. The Balaban J connectivity index is 1.77. The highest BCUT2D eigenvalue weighted by Crippen LogP contribution is 2.25. The molecule has 0 bridgehead atoms. The zero-order valence-electron chi connectivity index (χ0n) is 14.1. The fourth-order valence-electron chi connectivity index (χ4n) is 2.74. The van der Waals surface area contributed by atoms with Crippen LogP contribution in [0, 0.1) is 6.92 Å². The molecule has 0 aliphatic heterocycles. The molecule has 0 saturated heterocycles. The van der Waals surface area contributed by atoms with E-state index in [1.165, 1.54) is 4.88 Å². The summed E-state index contributed by atoms with van der Waals surface area (Å²) in [5.41, 5.74) is -0.447. The van der Waals surface area contributed by atoms with Gasteiger partial charge >= 0.3 is 6.09 Å². The molecule has 1 aliphatic carbocycles. The first-order chi connectivity index (χ1) is 10.2. The standard InChI is InChI=1S/C16H27N3O2S/c1-10-9-17-14(22-10)11(2)18-12-6-7-13(8-12)19-15(20)21-16(3,4)5/h9,11-13,18H,6-8H2,1-5H3,(H,19,20). The Morgan fingerprint density at radius 2 is 2.09 bits per heavy atom. The molecule has 0 aromatic carbocycles. The minimum Gasteiger partial charge on any atom is -0.444 e. The summed E-state index contributed by atoms with van der Waals surface area (Å²) in [5.74, 6) is 0. The van der Waals surface area contributed by atoms with Crippen molar-refractivity contribution in [3.8, 4) is 0 Å². The number of carbonyl (C=O) groups is 1. The first-order valence-corrected chi connectivity index (χ1v) is 8.72. The molecule has 3 unspecified atom stereocenters. The van der Waals surface area contributed by atoms with Gasteiger partial charge in [0.05, 0.1) is 6.04 Å². The van der Waals surface area contributed by atoms with Gasteiger partial charge in [-0.3, -0.25) is 0 Å². The molecule has 1 saturated carbocycles. The molecule has 124 valence electrons. The number of carbonyl (C=O) groups excluding carboxylic acids is 1. The molecule has 5 nitrogen and oxygen atoms in total. The van der Waals surface area contributed by atoms with Gasteiger partial charge in [-0.15, -0.1) is 11.3 Å². The van der Waals surface area contributed by atoms with Gasteiger partial charge in [-0.1, -0.05) is 0 Å². The Hall–Kier alpha value is -1.14. The van der Waals surface area contributed by atoms with Crippen molar-refractivity contribution in [3.63, 3.8) is 0 Å². The topological polar surface area (TPSA) is 63.2 Å². The van der Waals surface area contributed by atoms with Crippen LogP contribution in [-0.4, -0.2) is 28.8 Å². The number of thiazole rings is 1. The first-order valence-electron chi connectivity index (χ1n) is 7.91. The predicted molar refractivity (Wildman–Crippen MR) is 89.2 cm³/mol. The molecule has 1 aliphatic rings. The van der Waals surface area contributed by atoms with E-state index in [1.54, 1.807) is 11.3 Å². The van der Waals surface area contributed by atoms with Crippen LogP contribution in [0.2, 0.25) is 0 Å². The second kappa shape index (κ2) is 6.96. The van der Waals surface area contributed by atoms with Crippen LogP contribution in [0.4, 0.5) is 4.79 Å². The summed E-state index contributed by atoms with van der Waals surface area (Å²) in [6, 6.07) is 0.862. The van der Waals surface area contributed by atoms with Crippen molar-refractivity contribution in [1.29, 1.82) is 0 Å². The van der Waals surface area contributed by atoms with Crippen LogP contribution in [0.3, 0.4) is 0 Å². The van der Waals surface area contributed by atoms with Gasteiger partial charge in [-0.2, -0.15) is 0 Å². The highest BCUT2D eigenvalue weighted by Gasteiger charge is 2.28. The molecule has 2 N–H and O–H groups in total. The van der Waals surface area contributed by atoms with E-state index < -0.39 is 5.60 Å². The molecule has 3 atom stereocenters. The summed E-state index contributed by atoms with van der Waals surface area (Å²) in [6.45, 7) is 9.85. The molecule has 22 heavy (non-hydrogen) atoms. The summed E-state index contributed by atoms with van der Waals surface area (Å²) in [7, 11) is 0. The zero-order chi connectivity index (χ0) is 16.3. The predicted octanol–water partition coefficient (Wildman–Crippen LogP) is 3.55. The van der Waals surface area contributed by atoms with Crippen LogP contribution >= 0.6 is 11.3 Å². The van der Waals surface area contributed by atoms with E-state index in [0.29, 0.717) is 6.04 Å². The minimum atomic E-state index is -0.447. The largest absolute Gasteiger partial charge is 0.444 e. The van der Waals surface area contributed by atoms with Crippen LogP contribution in [0.5, 0.6) is 0 Å². The number of rotatable bonds is 4. The van der Waals surface area contributed by atoms with Crippen molar-refractivity contribution in [2.75, 3.05) is 0 Å². The highest BCUT2D eigenvalue weighted by molar-refractivity contribution is 7.11. The number of hydrogen-bond donors (Lipinski definition) is 2. The fourth-order valence-corrected chi connectivity index (χ4v) is 3.52. The van der Waals surface area contributed by atoms with Crippen LogP contribution in [-0.2, 0) is 4.74 Å². The summed E-state index contributed by atoms with van der Waals surface area (Å²) < 4.78 is 5.31. The molecule has 1 aromatic heterocycles. The van der Waals surface area contributed by atoms with Gasteiger partial charge in [0.1, 0.15) is 10.6 Å². The zero-order valence-corrected chi connectivity index (χ0v) is 14.9. The lowest BCUT2D eigenvalue weighted by Gasteiger charge is -2.22. The van der Waals surface area contributed by atoms with Crippen molar-refractivity contribution in [3.05, 3.63) is 16.1 Å². The molecule has 1 aromatic rings. The van der Waals surface area contributed by atoms with Crippen LogP contribution in [0.15, 0.2) is 6.20 Å². The second-order valence-electron chi connectivity index (χ2n) is 7.05. The first kappa shape index (κ1) is 17.2.